The van der Waals surface area contributed by atoms with Crippen LogP contribution in [-0.4, -0.2) is 32.9 Å². The highest BCUT2D eigenvalue weighted by atomic mass is 32.2. The summed E-state index contributed by atoms with van der Waals surface area (Å²) in [6.45, 7) is 2.26. The topological polar surface area (TPSA) is 84.2 Å². The van der Waals surface area contributed by atoms with Crippen molar-refractivity contribution in [3.8, 4) is 11.1 Å². The predicted molar refractivity (Wildman–Crippen MR) is 123 cm³/mol. The van der Waals surface area contributed by atoms with Gasteiger partial charge in [-0.3, -0.25) is 4.79 Å². The summed E-state index contributed by atoms with van der Waals surface area (Å²) in [4.78, 5) is 30.2. The number of rotatable bonds is 6. The van der Waals surface area contributed by atoms with E-state index >= 15 is 0 Å². The second-order valence-electron chi connectivity index (χ2n) is 6.83. The summed E-state index contributed by atoms with van der Waals surface area (Å²) in [6, 6.07) is 18.0. The fourth-order valence-electron chi connectivity index (χ4n) is 3.37. The number of hydrogen-bond donors (Lipinski definition) is 0. The van der Waals surface area contributed by atoms with Gasteiger partial charge in [-0.05, 0) is 35.0 Å². The molecule has 2 aromatic carbocycles. The van der Waals surface area contributed by atoms with Gasteiger partial charge in [0.2, 0.25) is 5.43 Å². The first-order valence-corrected chi connectivity index (χ1v) is 12.0. The lowest BCUT2D eigenvalue weighted by Gasteiger charge is -2.14. The molecule has 0 saturated heterocycles. The molecule has 4 rings (SSSR count). The molecule has 0 fully saturated rings. The van der Waals surface area contributed by atoms with Crippen molar-refractivity contribution in [2.24, 2.45) is 0 Å². The highest BCUT2D eigenvalue weighted by Crippen LogP contribution is 2.28. The van der Waals surface area contributed by atoms with Gasteiger partial charge >= 0.3 is 10.3 Å². The van der Waals surface area contributed by atoms with E-state index in [1.54, 1.807) is 6.92 Å². The minimum atomic E-state index is -1.34. The Kier molecular flexibility index (Phi) is 6.22. The van der Waals surface area contributed by atoms with Crippen LogP contribution < -0.4 is 5.43 Å². The van der Waals surface area contributed by atoms with Gasteiger partial charge in [0.15, 0.2) is 5.52 Å². The fraction of sp³-hybridized carbons (Fsp3) is 0.174. The van der Waals surface area contributed by atoms with Crippen LogP contribution in [0.3, 0.4) is 0 Å². The standard InChI is InChI=1S/C23H20N2O4S2/c1-3-29-22(27)18-14-25(21-19(20(18)26)24-23(30-21)31(2)28)13-16-11-7-8-12-17(16)15-9-5-4-6-10-15/h4-12,14H,3,13H2,1-2H3. The lowest BCUT2D eigenvalue weighted by Crippen LogP contribution is -2.21. The molecule has 8 heteroatoms. The predicted octanol–water partition coefficient (Wildman–Crippen LogP) is 4.09. The Balaban J connectivity index is 1.89. The zero-order valence-electron chi connectivity index (χ0n) is 17.0. The van der Waals surface area contributed by atoms with Crippen LogP contribution in [0.2, 0.25) is 0 Å². The molecular weight excluding hydrogens is 432 g/mol. The second-order valence-corrected chi connectivity index (χ2v) is 9.36. The molecule has 2 aromatic heterocycles. The van der Waals surface area contributed by atoms with Crippen LogP contribution in [-0.2, 0) is 22.5 Å². The zero-order chi connectivity index (χ0) is 22.0. The smallest absolute Gasteiger partial charge is 0.343 e. The van der Waals surface area contributed by atoms with Crippen LogP contribution in [0.1, 0.15) is 22.8 Å². The first kappa shape index (κ1) is 21.3. The van der Waals surface area contributed by atoms with Crippen molar-refractivity contribution < 1.29 is 14.1 Å². The Morgan fingerprint density at radius 3 is 2.58 bits per heavy atom. The number of hydrogen-bond acceptors (Lipinski definition) is 6. The number of fused-ring (bicyclic) bond motifs is 1. The Hall–Kier alpha value is -2.94. The van der Waals surface area contributed by atoms with Crippen LogP contribution in [0.15, 0.2) is 69.9 Å². The van der Waals surface area contributed by atoms with Crippen molar-refractivity contribution in [3.63, 3.8) is 0 Å². The minimum absolute atomic E-state index is 0.0784. The average Bonchev–Trinajstić information content (AvgIpc) is 3.23. The van der Waals surface area contributed by atoms with Crippen LogP contribution >= 0.6 is 11.3 Å². The highest BCUT2D eigenvalue weighted by molar-refractivity contribution is 7.92. The van der Waals surface area contributed by atoms with E-state index < -0.39 is 22.6 Å². The molecular formula is C23H20N2O4S2. The molecule has 1 atom stereocenters. The molecule has 4 aromatic rings. The maximum Gasteiger partial charge on any atom is 0.343 e. The molecule has 1 unspecified atom stereocenters. The third-order valence-electron chi connectivity index (χ3n) is 4.78. The first-order valence-electron chi connectivity index (χ1n) is 9.67. The third kappa shape index (κ3) is 4.27. The van der Waals surface area contributed by atoms with E-state index in [-0.39, 0.29) is 17.7 Å². The van der Waals surface area contributed by atoms with Crippen molar-refractivity contribution >= 4 is 38.8 Å². The summed E-state index contributed by atoms with van der Waals surface area (Å²) in [5.41, 5.74) is 2.69. The second kappa shape index (κ2) is 9.05. The summed E-state index contributed by atoms with van der Waals surface area (Å²) in [6.07, 6.45) is 3.04. The number of aromatic nitrogens is 2. The SMILES string of the molecule is CCOC(=O)c1cn(Cc2ccccc2-c2ccccc2)c2sc([S+](C)[O-])nc2c1=O. The molecule has 0 radical (unpaired) electrons. The quantitative estimate of drug-likeness (QED) is 0.325. The van der Waals surface area contributed by atoms with Crippen molar-refractivity contribution in [1.29, 1.82) is 0 Å². The van der Waals surface area contributed by atoms with Gasteiger partial charge in [-0.25, -0.2) is 4.79 Å². The van der Waals surface area contributed by atoms with Gasteiger partial charge in [0.25, 0.3) is 0 Å². The largest absolute Gasteiger partial charge is 0.610 e. The Bertz CT molecular complexity index is 1300. The fourth-order valence-corrected chi connectivity index (χ4v) is 5.07. The summed E-state index contributed by atoms with van der Waals surface area (Å²) < 4.78 is 19.2. The molecule has 0 N–H and O–H groups in total. The van der Waals surface area contributed by atoms with Crippen LogP contribution in [0.4, 0.5) is 0 Å². The normalized spacial score (nSPS) is 12.1. The van der Waals surface area contributed by atoms with Gasteiger partial charge in [-0.1, -0.05) is 54.6 Å². The molecule has 0 amide bonds. The van der Waals surface area contributed by atoms with Gasteiger partial charge in [0.05, 0.1) is 6.61 Å². The van der Waals surface area contributed by atoms with Gasteiger partial charge < -0.3 is 13.9 Å². The van der Waals surface area contributed by atoms with Crippen molar-refractivity contribution in [3.05, 3.63) is 82.1 Å². The third-order valence-corrected chi connectivity index (χ3v) is 7.20. The first-order chi connectivity index (χ1) is 15.0. The van der Waals surface area contributed by atoms with Gasteiger partial charge in [0.1, 0.15) is 16.6 Å². The maximum atomic E-state index is 12.9. The Labute approximate surface area is 186 Å². The molecule has 0 aliphatic heterocycles. The molecule has 0 bridgehead atoms. The highest BCUT2D eigenvalue weighted by Gasteiger charge is 2.23. The van der Waals surface area contributed by atoms with Gasteiger partial charge in [-0.15, -0.1) is 0 Å². The number of carbonyl (C=O) groups is 1. The number of thiazole rings is 1. The number of benzene rings is 2. The average molecular weight is 453 g/mol. The lowest BCUT2D eigenvalue weighted by atomic mass is 9.99. The van der Waals surface area contributed by atoms with Crippen molar-refractivity contribution in [2.45, 2.75) is 17.8 Å². The molecule has 2 heterocycles. The zero-order valence-corrected chi connectivity index (χ0v) is 18.7. The van der Waals surface area contributed by atoms with E-state index in [1.807, 2.05) is 59.2 Å². The van der Waals surface area contributed by atoms with E-state index in [1.165, 1.54) is 23.8 Å². The number of esters is 1. The summed E-state index contributed by atoms with van der Waals surface area (Å²) in [5, 5.41) is 0. The monoisotopic (exact) mass is 452 g/mol. The van der Waals surface area contributed by atoms with Crippen LogP contribution in [0.25, 0.3) is 21.5 Å². The number of pyridine rings is 1. The maximum absolute atomic E-state index is 12.9. The summed E-state index contributed by atoms with van der Waals surface area (Å²) in [7, 11) is 0. The van der Waals surface area contributed by atoms with Gasteiger partial charge in [0, 0.05) is 23.9 Å². The summed E-state index contributed by atoms with van der Waals surface area (Å²) >= 11 is -0.140. The minimum Gasteiger partial charge on any atom is -0.610 e. The molecule has 0 aliphatic rings. The van der Waals surface area contributed by atoms with E-state index in [0.29, 0.717) is 15.7 Å². The Morgan fingerprint density at radius 1 is 1.16 bits per heavy atom. The number of carbonyl (C=O) groups excluding carboxylic acids is 1. The molecule has 31 heavy (non-hydrogen) atoms. The van der Waals surface area contributed by atoms with Crippen molar-refractivity contribution in [1.82, 2.24) is 9.55 Å². The van der Waals surface area contributed by atoms with Gasteiger partial charge in [-0.2, -0.15) is 4.98 Å². The lowest BCUT2D eigenvalue weighted by molar-refractivity contribution is 0.0524. The molecule has 6 nitrogen and oxygen atoms in total. The van der Waals surface area contributed by atoms with Crippen molar-refractivity contribution in [2.75, 3.05) is 12.9 Å². The number of ether oxygens (including phenoxy) is 1. The summed E-state index contributed by atoms with van der Waals surface area (Å²) in [5.74, 6) is -0.688. The van der Waals surface area contributed by atoms with Crippen LogP contribution in [0, 0.1) is 0 Å². The number of nitrogens with zero attached hydrogens (tertiary/aromatic N) is 2. The van der Waals surface area contributed by atoms with Crippen LogP contribution in [0.5, 0.6) is 0 Å². The molecule has 0 aliphatic carbocycles. The Morgan fingerprint density at radius 2 is 1.87 bits per heavy atom. The molecule has 0 saturated carbocycles. The van der Waals surface area contributed by atoms with E-state index in [4.69, 9.17) is 4.74 Å². The van der Waals surface area contributed by atoms with E-state index in [9.17, 15) is 14.1 Å². The molecule has 0 spiro atoms. The van der Waals surface area contributed by atoms with E-state index in [2.05, 4.69) is 4.98 Å². The molecule has 158 valence electrons. The van der Waals surface area contributed by atoms with E-state index in [0.717, 1.165) is 16.7 Å².